The Morgan fingerprint density at radius 3 is 2.60 bits per heavy atom. The minimum Gasteiger partial charge on any atom is -0.313 e. The van der Waals surface area contributed by atoms with Crippen LogP contribution in [0.1, 0.15) is 11.3 Å². The molecule has 0 unspecified atom stereocenters. The Morgan fingerprint density at radius 1 is 0.900 bits per heavy atom. The van der Waals surface area contributed by atoms with Crippen LogP contribution < -0.4 is 0 Å². The Balaban J connectivity index is 1.83. The van der Waals surface area contributed by atoms with Crippen molar-refractivity contribution in [2.45, 2.75) is 6.42 Å². The van der Waals surface area contributed by atoms with Crippen LogP contribution in [0.15, 0.2) is 73.1 Å². The summed E-state index contributed by atoms with van der Waals surface area (Å²) in [4.78, 5) is 4.58. The van der Waals surface area contributed by atoms with Crippen molar-refractivity contribution in [3.05, 3.63) is 84.3 Å². The fourth-order valence-electron chi connectivity index (χ4n) is 2.67. The van der Waals surface area contributed by atoms with E-state index in [0.717, 1.165) is 17.6 Å². The molecule has 0 amide bonds. The van der Waals surface area contributed by atoms with Gasteiger partial charge in [-0.15, -0.1) is 0 Å². The molecule has 0 atom stereocenters. The summed E-state index contributed by atoms with van der Waals surface area (Å²) < 4.78 is 2.22. The van der Waals surface area contributed by atoms with Gasteiger partial charge >= 0.3 is 0 Å². The second-order valence-electron chi connectivity index (χ2n) is 5.04. The highest BCUT2D eigenvalue weighted by Crippen LogP contribution is 2.20. The fourth-order valence-corrected chi connectivity index (χ4v) is 2.67. The minimum absolute atomic E-state index is 0.864. The lowest BCUT2D eigenvalue weighted by atomic mass is 10.1. The molecule has 0 saturated carbocycles. The van der Waals surface area contributed by atoms with Crippen LogP contribution in [0.5, 0.6) is 0 Å². The van der Waals surface area contributed by atoms with E-state index in [9.17, 15) is 0 Å². The molecule has 4 aromatic rings. The number of aromatic nitrogens is 2. The molecule has 0 saturated heterocycles. The van der Waals surface area contributed by atoms with Gasteiger partial charge in [0.1, 0.15) is 0 Å². The van der Waals surface area contributed by atoms with Gasteiger partial charge in [-0.05, 0) is 17.7 Å². The number of para-hydroxylation sites is 1. The summed E-state index contributed by atoms with van der Waals surface area (Å²) in [6.45, 7) is 0. The standard InChI is InChI=1S/C18H14N2/c1-2-6-14(7-3-1)10-16-13-20-17(12-19-16)11-15-8-4-5-9-18(15)20/h1-9,11-13H,10H2. The number of fused-ring (bicyclic) bond motifs is 3. The zero-order valence-electron chi connectivity index (χ0n) is 11.0. The van der Waals surface area contributed by atoms with Gasteiger partial charge in [-0.2, -0.15) is 0 Å². The second kappa shape index (κ2) is 4.49. The second-order valence-corrected chi connectivity index (χ2v) is 5.04. The van der Waals surface area contributed by atoms with Crippen molar-refractivity contribution >= 4 is 16.4 Å². The molecule has 0 aliphatic carbocycles. The fraction of sp³-hybridized carbons (Fsp3) is 0.0556. The molecular formula is C18H14N2. The van der Waals surface area contributed by atoms with E-state index in [4.69, 9.17) is 0 Å². The Bertz CT molecular complexity index is 876. The Labute approximate surface area is 117 Å². The van der Waals surface area contributed by atoms with Crippen molar-refractivity contribution in [3.8, 4) is 0 Å². The molecular weight excluding hydrogens is 244 g/mol. The first kappa shape index (κ1) is 11.2. The van der Waals surface area contributed by atoms with Crippen molar-refractivity contribution in [3.63, 3.8) is 0 Å². The molecule has 2 nitrogen and oxygen atoms in total. The summed E-state index contributed by atoms with van der Waals surface area (Å²) in [5.41, 5.74) is 4.75. The van der Waals surface area contributed by atoms with Crippen molar-refractivity contribution in [1.82, 2.24) is 9.38 Å². The number of rotatable bonds is 2. The lowest BCUT2D eigenvalue weighted by molar-refractivity contribution is 1.02. The molecule has 0 radical (unpaired) electrons. The topological polar surface area (TPSA) is 17.3 Å². The van der Waals surface area contributed by atoms with Gasteiger partial charge in [0, 0.05) is 18.0 Å². The first-order valence-electron chi connectivity index (χ1n) is 6.79. The van der Waals surface area contributed by atoms with Crippen molar-refractivity contribution in [1.29, 1.82) is 0 Å². The molecule has 0 spiro atoms. The third-order valence-corrected chi connectivity index (χ3v) is 3.65. The first-order valence-corrected chi connectivity index (χ1v) is 6.79. The molecule has 0 N–H and O–H groups in total. The van der Waals surface area contributed by atoms with E-state index in [0.29, 0.717) is 0 Å². The highest BCUT2D eigenvalue weighted by Gasteiger charge is 2.04. The zero-order valence-corrected chi connectivity index (χ0v) is 11.0. The summed E-state index contributed by atoms with van der Waals surface area (Å²) in [6, 6.07) is 21.1. The van der Waals surface area contributed by atoms with Gasteiger partial charge in [0.25, 0.3) is 0 Å². The zero-order chi connectivity index (χ0) is 13.4. The quantitative estimate of drug-likeness (QED) is 0.529. The molecule has 2 aromatic heterocycles. The maximum Gasteiger partial charge on any atom is 0.0646 e. The van der Waals surface area contributed by atoms with Crippen LogP contribution in [0, 0.1) is 0 Å². The number of hydrogen-bond acceptors (Lipinski definition) is 1. The SMILES string of the molecule is c1ccc(Cc2cn3c(cn2)cc2ccccc23)cc1. The minimum atomic E-state index is 0.864. The van der Waals surface area contributed by atoms with Gasteiger partial charge in [-0.3, -0.25) is 4.98 Å². The van der Waals surface area contributed by atoms with Gasteiger partial charge in [-0.25, -0.2) is 0 Å². The van der Waals surface area contributed by atoms with Gasteiger partial charge < -0.3 is 4.40 Å². The predicted octanol–water partition coefficient (Wildman–Crippen LogP) is 4.08. The summed E-state index contributed by atoms with van der Waals surface area (Å²) in [5.74, 6) is 0. The number of benzene rings is 2. The summed E-state index contributed by atoms with van der Waals surface area (Å²) in [6.07, 6.45) is 4.96. The van der Waals surface area contributed by atoms with E-state index in [1.165, 1.54) is 16.5 Å². The van der Waals surface area contributed by atoms with E-state index < -0.39 is 0 Å². The maximum atomic E-state index is 4.58. The average molecular weight is 258 g/mol. The van der Waals surface area contributed by atoms with Crippen molar-refractivity contribution in [2.75, 3.05) is 0 Å². The van der Waals surface area contributed by atoms with Crippen LogP contribution in [0.4, 0.5) is 0 Å². The normalized spacial score (nSPS) is 11.2. The molecule has 2 heterocycles. The van der Waals surface area contributed by atoms with Gasteiger partial charge in [0.2, 0.25) is 0 Å². The van der Waals surface area contributed by atoms with E-state index in [-0.39, 0.29) is 0 Å². The highest BCUT2D eigenvalue weighted by atomic mass is 14.9. The molecule has 0 fully saturated rings. The van der Waals surface area contributed by atoms with Crippen LogP contribution in [-0.2, 0) is 6.42 Å². The van der Waals surface area contributed by atoms with Gasteiger partial charge in [0.05, 0.1) is 22.9 Å². The lowest BCUT2D eigenvalue weighted by Gasteiger charge is -2.03. The van der Waals surface area contributed by atoms with E-state index in [1.54, 1.807) is 0 Å². The van der Waals surface area contributed by atoms with Crippen LogP contribution in [0.2, 0.25) is 0 Å². The van der Waals surface area contributed by atoms with Crippen LogP contribution in [-0.4, -0.2) is 9.38 Å². The largest absolute Gasteiger partial charge is 0.313 e. The maximum absolute atomic E-state index is 4.58. The molecule has 2 aromatic carbocycles. The Hall–Kier alpha value is -2.61. The summed E-state index contributed by atoms with van der Waals surface area (Å²) in [7, 11) is 0. The Kier molecular flexibility index (Phi) is 2.52. The van der Waals surface area contributed by atoms with Gasteiger partial charge in [0.15, 0.2) is 0 Å². The smallest absolute Gasteiger partial charge is 0.0646 e. The molecule has 2 heteroatoms. The predicted molar refractivity (Wildman–Crippen MR) is 81.9 cm³/mol. The van der Waals surface area contributed by atoms with Crippen molar-refractivity contribution in [2.24, 2.45) is 0 Å². The van der Waals surface area contributed by atoms with Crippen molar-refractivity contribution < 1.29 is 0 Å². The summed E-state index contributed by atoms with van der Waals surface area (Å²) in [5, 5.41) is 1.26. The monoisotopic (exact) mass is 258 g/mol. The van der Waals surface area contributed by atoms with E-state index in [1.807, 2.05) is 12.3 Å². The number of nitrogens with zero attached hydrogens (tertiary/aromatic N) is 2. The third kappa shape index (κ3) is 1.86. The van der Waals surface area contributed by atoms with Gasteiger partial charge in [-0.1, -0.05) is 48.5 Å². The molecule has 20 heavy (non-hydrogen) atoms. The van der Waals surface area contributed by atoms with Crippen LogP contribution in [0.3, 0.4) is 0 Å². The molecule has 96 valence electrons. The van der Waals surface area contributed by atoms with E-state index >= 15 is 0 Å². The third-order valence-electron chi connectivity index (χ3n) is 3.65. The highest BCUT2D eigenvalue weighted by molar-refractivity contribution is 5.86. The van der Waals surface area contributed by atoms with E-state index in [2.05, 4.69) is 70.2 Å². The first-order chi connectivity index (χ1) is 9.90. The van der Waals surface area contributed by atoms with Crippen LogP contribution >= 0.6 is 0 Å². The lowest BCUT2D eigenvalue weighted by Crippen LogP contribution is -1.95. The molecule has 4 rings (SSSR count). The molecule has 0 aliphatic heterocycles. The number of hydrogen-bond donors (Lipinski definition) is 0. The molecule has 0 bridgehead atoms. The summed E-state index contributed by atoms with van der Waals surface area (Å²) >= 11 is 0. The van der Waals surface area contributed by atoms with Crippen LogP contribution in [0.25, 0.3) is 16.4 Å². The average Bonchev–Trinajstić information content (AvgIpc) is 2.86. The Morgan fingerprint density at radius 2 is 1.70 bits per heavy atom. The molecule has 0 aliphatic rings.